The van der Waals surface area contributed by atoms with E-state index < -0.39 is 9.84 Å². The Bertz CT molecular complexity index is 1350. The summed E-state index contributed by atoms with van der Waals surface area (Å²) in [6, 6.07) is 10.4. The van der Waals surface area contributed by atoms with E-state index in [1.807, 2.05) is 23.7 Å². The van der Waals surface area contributed by atoms with Gasteiger partial charge in [0, 0.05) is 24.5 Å². The minimum atomic E-state index is -3.59. The molecule has 0 radical (unpaired) electrons. The number of hydrogen-bond acceptors (Lipinski definition) is 5. The van der Waals surface area contributed by atoms with Crippen LogP contribution in [-0.4, -0.2) is 49.3 Å². The van der Waals surface area contributed by atoms with Crippen molar-refractivity contribution in [3.63, 3.8) is 0 Å². The topological polar surface area (TPSA) is 68.5 Å². The second kappa shape index (κ2) is 9.70. The quantitative estimate of drug-likeness (QED) is 0.468. The Balaban J connectivity index is 1.54. The molecular formula is C24H29ClN3O3S2+. The Morgan fingerprint density at radius 1 is 1.12 bits per heavy atom. The minimum Gasteiger partial charge on any atom is -0.319 e. The molecule has 0 unspecified atom stereocenters. The van der Waals surface area contributed by atoms with Crippen molar-refractivity contribution in [3.8, 4) is 0 Å². The van der Waals surface area contributed by atoms with Crippen LogP contribution in [0.3, 0.4) is 0 Å². The number of thiazole rings is 1. The van der Waals surface area contributed by atoms with E-state index in [2.05, 4.69) is 10.4 Å². The van der Waals surface area contributed by atoms with Crippen LogP contribution >= 0.6 is 22.9 Å². The average molecular weight is 507 g/mol. The molecule has 0 N–H and O–H groups in total. The minimum absolute atomic E-state index is 0.00651. The molecule has 2 heterocycles. The second-order valence-corrected chi connectivity index (χ2v) is 12.1. The normalized spacial score (nSPS) is 16.9. The molecule has 1 saturated heterocycles. The van der Waals surface area contributed by atoms with Crippen LogP contribution in [0.5, 0.6) is 0 Å². The molecule has 0 bridgehead atoms. The summed E-state index contributed by atoms with van der Waals surface area (Å²) in [6.45, 7) is 2.09. The smallest absolute Gasteiger partial charge is 0.315 e. The molecule has 1 fully saturated rings. The Labute approximate surface area is 203 Å². The molecule has 1 aliphatic rings. The van der Waals surface area contributed by atoms with Crippen LogP contribution < -0.4 is 4.80 Å². The molecule has 6 nitrogen and oxygen atoms in total. The number of aromatic nitrogens is 1. The summed E-state index contributed by atoms with van der Waals surface area (Å²) in [7, 11) is 0.146. The van der Waals surface area contributed by atoms with E-state index in [-0.39, 0.29) is 23.0 Å². The van der Waals surface area contributed by atoms with Gasteiger partial charge in [-0.1, -0.05) is 23.7 Å². The Hall–Kier alpha value is -2.00. The van der Waals surface area contributed by atoms with Gasteiger partial charge >= 0.3 is 5.91 Å². The van der Waals surface area contributed by atoms with Gasteiger partial charge in [-0.2, -0.15) is 0 Å². The number of fused-ring (bicyclic) bond motifs is 1. The zero-order chi connectivity index (χ0) is 23.6. The van der Waals surface area contributed by atoms with Gasteiger partial charge in [0.1, 0.15) is 6.54 Å². The van der Waals surface area contributed by atoms with E-state index in [0.29, 0.717) is 16.1 Å². The lowest BCUT2D eigenvalue weighted by atomic mass is 10.1. The first-order valence-electron chi connectivity index (χ1n) is 11.1. The summed E-state index contributed by atoms with van der Waals surface area (Å²) in [5.41, 5.74) is 1.06. The lowest BCUT2D eigenvalue weighted by Gasteiger charge is -2.39. The molecule has 0 saturated carbocycles. The summed E-state index contributed by atoms with van der Waals surface area (Å²) in [5, 5.41) is 4.37. The van der Waals surface area contributed by atoms with Gasteiger partial charge in [-0.15, -0.1) is 11.3 Å². The number of sulfone groups is 1. The van der Waals surface area contributed by atoms with E-state index in [0.717, 1.165) is 53.6 Å². The summed E-state index contributed by atoms with van der Waals surface area (Å²) < 4.78 is 28.5. The zero-order valence-electron chi connectivity index (χ0n) is 19.0. The van der Waals surface area contributed by atoms with Crippen LogP contribution in [0.15, 0.2) is 51.7 Å². The van der Waals surface area contributed by atoms with Gasteiger partial charge in [0.25, 0.3) is 0 Å². The molecular weight excluding hydrogens is 478 g/mol. The summed E-state index contributed by atoms with van der Waals surface area (Å²) in [6.07, 6.45) is 3.08. The van der Waals surface area contributed by atoms with Gasteiger partial charge < -0.3 is 4.57 Å². The first-order chi connectivity index (χ1) is 15.7. The predicted octanol–water partition coefficient (Wildman–Crippen LogP) is 4.32. The maximum Gasteiger partial charge on any atom is 0.315 e. The first-order valence-corrected chi connectivity index (χ1v) is 14.0. The molecule has 4 rings (SSSR count). The highest BCUT2D eigenvalue weighted by Gasteiger charge is 2.39. The van der Waals surface area contributed by atoms with Gasteiger partial charge in [-0.3, -0.25) is 9.48 Å². The van der Waals surface area contributed by atoms with Crippen molar-refractivity contribution in [2.24, 2.45) is 12.0 Å². The molecule has 176 valence electrons. The van der Waals surface area contributed by atoms with E-state index in [9.17, 15) is 13.2 Å². The van der Waals surface area contributed by atoms with Crippen LogP contribution in [0.25, 0.3) is 10.8 Å². The number of rotatable bonds is 6. The maximum atomic E-state index is 13.5. The number of halogens is 1. The molecule has 3 aromatic rings. The lowest BCUT2D eigenvalue weighted by Crippen LogP contribution is -2.55. The zero-order valence-corrected chi connectivity index (χ0v) is 21.3. The number of likely N-dealkylation sites (tertiary alicyclic amines) is 1. The van der Waals surface area contributed by atoms with Gasteiger partial charge in [-0.25, -0.2) is 13.2 Å². The monoisotopic (exact) mass is 506 g/mol. The fourth-order valence-corrected chi connectivity index (χ4v) is 6.93. The maximum absolute atomic E-state index is 13.5. The molecule has 0 atom stereocenters. The number of amides is 1. The summed E-state index contributed by atoms with van der Waals surface area (Å²) >= 11 is 7.60. The first kappa shape index (κ1) is 24.1. The van der Waals surface area contributed by atoms with E-state index in [1.165, 1.54) is 0 Å². The fraction of sp³-hybridized carbons (Fsp3) is 0.417. The number of quaternary nitrogens is 1. The number of hydrogen-bond donors (Lipinski definition) is 0. The van der Waals surface area contributed by atoms with Crippen LogP contribution in [-0.2, 0) is 28.2 Å². The van der Waals surface area contributed by atoms with Crippen LogP contribution in [0.1, 0.15) is 31.4 Å². The Kier molecular flexibility index (Phi) is 7.09. The number of nitrogens with zero attached hydrogens (tertiary/aromatic N) is 3. The third-order valence-electron chi connectivity index (χ3n) is 6.59. The van der Waals surface area contributed by atoms with Gasteiger partial charge in [0.05, 0.1) is 35.9 Å². The highest BCUT2D eigenvalue weighted by atomic mass is 35.5. The highest BCUT2D eigenvalue weighted by molar-refractivity contribution is 7.91. The Morgan fingerprint density at radius 2 is 1.82 bits per heavy atom. The largest absolute Gasteiger partial charge is 0.319 e. The molecule has 0 spiro atoms. The second-order valence-electron chi connectivity index (χ2n) is 8.72. The molecule has 1 amide bonds. The number of carbonyl (C=O) groups is 1. The number of benzene rings is 2. The fourth-order valence-electron chi connectivity index (χ4n) is 4.64. The Morgan fingerprint density at radius 3 is 2.52 bits per heavy atom. The average Bonchev–Trinajstić information content (AvgIpc) is 3.16. The van der Waals surface area contributed by atoms with Crippen molar-refractivity contribution in [1.29, 1.82) is 0 Å². The van der Waals surface area contributed by atoms with Crippen LogP contribution in [0.2, 0.25) is 5.02 Å². The molecule has 33 heavy (non-hydrogen) atoms. The summed E-state index contributed by atoms with van der Waals surface area (Å²) in [4.78, 5) is 18.9. The number of piperidine rings is 1. The van der Waals surface area contributed by atoms with Crippen molar-refractivity contribution in [2.45, 2.75) is 37.1 Å². The van der Waals surface area contributed by atoms with Gasteiger partial charge in [0.15, 0.2) is 14.6 Å². The highest BCUT2D eigenvalue weighted by Crippen LogP contribution is 2.27. The van der Waals surface area contributed by atoms with Gasteiger partial charge in [-0.05, 0) is 54.3 Å². The molecule has 0 aliphatic carbocycles. The molecule has 9 heteroatoms. The van der Waals surface area contributed by atoms with Crippen LogP contribution in [0.4, 0.5) is 0 Å². The van der Waals surface area contributed by atoms with Crippen molar-refractivity contribution in [1.82, 2.24) is 4.57 Å². The third kappa shape index (κ3) is 5.09. The molecule has 2 aromatic carbocycles. The van der Waals surface area contributed by atoms with Gasteiger partial charge in [0.2, 0.25) is 0 Å². The van der Waals surface area contributed by atoms with Crippen LogP contribution in [0, 0.1) is 0 Å². The molecule has 1 aliphatic heterocycles. The predicted molar refractivity (Wildman–Crippen MR) is 133 cm³/mol. The SMILES string of the molecule is C/N=c1\scc(C[N+]2(C(=O)CCS(=O)(=O)c3ccc4cc(Cl)ccc4c3)CCCCC2)n1C. The number of carbonyl (C=O) groups excluding carboxylic acids is 1. The van der Waals surface area contributed by atoms with Crippen molar-refractivity contribution < 1.29 is 17.7 Å². The van der Waals surface area contributed by atoms with E-state index in [1.54, 1.807) is 42.6 Å². The van der Waals surface area contributed by atoms with E-state index >= 15 is 0 Å². The van der Waals surface area contributed by atoms with Crippen molar-refractivity contribution >= 4 is 49.5 Å². The lowest BCUT2D eigenvalue weighted by molar-refractivity contribution is -0.873. The van der Waals surface area contributed by atoms with E-state index in [4.69, 9.17) is 11.6 Å². The standard InChI is InChI=1S/C24H29ClN3O3S2/c1-26-24-27(2)21(17-32-24)16-28(11-4-3-5-12-28)23(29)10-13-33(30,31)22-9-7-18-14-20(25)8-6-19(18)15-22/h6-9,14-15,17H,3-5,10-13,16H2,1-2H3/q+1/b26-24-. The summed E-state index contributed by atoms with van der Waals surface area (Å²) in [5.74, 6) is -0.178. The van der Waals surface area contributed by atoms with Crippen molar-refractivity contribution in [3.05, 3.63) is 57.3 Å². The third-order valence-corrected chi connectivity index (χ3v) is 9.60. The molecule has 1 aromatic heterocycles. The van der Waals surface area contributed by atoms with Crippen molar-refractivity contribution in [2.75, 3.05) is 25.9 Å².